The van der Waals surface area contributed by atoms with Crippen molar-refractivity contribution >= 4 is 26.7 Å². The van der Waals surface area contributed by atoms with Crippen LogP contribution in [-0.2, 0) is 0 Å². The van der Waals surface area contributed by atoms with E-state index in [-0.39, 0.29) is 5.52 Å². The monoisotopic (exact) mass is 201 g/mol. The van der Waals surface area contributed by atoms with Crippen molar-refractivity contribution < 1.29 is 8.78 Å². The van der Waals surface area contributed by atoms with E-state index in [0.29, 0.717) is 9.83 Å². The summed E-state index contributed by atoms with van der Waals surface area (Å²) >= 11 is 1.17. The molecule has 0 atom stereocenters. The van der Waals surface area contributed by atoms with Crippen LogP contribution >= 0.6 is 11.3 Å². The molecule has 2 rings (SSSR count). The van der Waals surface area contributed by atoms with Gasteiger partial charge in [-0.25, -0.2) is 19.6 Å². The summed E-state index contributed by atoms with van der Waals surface area (Å²) < 4.78 is 26.3. The Bertz CT molecular complexity index is 454. The average molecular weight is 201 g/mol. The number of nitrogens with two attached hydrogens (primary N) is 1. The summed E-state index contributed by atoms with van der Waals surface area (Å²) in [5.41, 5.74) is 2.29. The van der Waals surface area contributed by atoms with Crippen LogP contribution in [0.4, 0.5) is 13.9 Å². The van der Waals surface area contributed by atoms with E-state index in [4.69, 9.17) is 5.84 Å². The molecule has 0 bridgehead atoms. The third-order valence-corrected chi connectivity index (χ3v) is 2.53. The molecule has 1 aromatic carbocycles. The first-order valence-corrected chi connectivity index (χ1v) is 4.25. The normalized spacial score (nSPS) is 10.7. The van der Waals surface area contributed by atoms with Crippen LogP contribution in [0, 0.1) is 11.6 Å². The van der Waals surface area contributed by atoms with Gasteiger partial charge in [-0.05, 0) is 12.1 Å². The van der Waals surface area contributed by atoms with E-state index >= 15 is 0 Å². The second kappa shape index (κ2) is 2.90. The van der Waals surface area contributed by atoms with Gasteiger partial charge in [0.15, 0.2) is 16.8 Å². The Labute approximate surface area is 76.2 Å². The molecule has 0 aliphatic heterocycles. The standard InChI is InChI=1S/C7H5F2N3S/c8-3-1-2-4-6(5(3)9)11-7(12-10)13-4/h1-2H,10H2,(H,11,12). The van der Waals surface area contributed by atoms with E-state index in [1.807, 2.05) is 0 Å². The van der Waals surface area contributed by atoms with E-state index in [9.17, 15) is 8.78 Å². The van der Waals surface area contributed by atoms with Crippen molar-refractivity contribution in [1.29, 1.82) is 0 Å². The van der Waals surface area contributed by atoms with Crippen LogP contribution in [0.1, 0.15) is 0 Å². The highest BCUT2D eigenvalue weighted by atomic mass is 32.1. The number of benzene rings is 1. The molecule has 0 amide bonds. The van der Waals surface area contributed by atoms with Gasteiger partial charge in [0, 0.05) is 0 Å². The molecule has 1 heterocycles. The number of aromatic nitrogens is 1. The predicted octanol–water partition coefficient (Wildman–Crippen LogP) is 1.86. The summed E-state index contributed by atoms with van der Waals surface area (Å²) in [6.45, 7) is 0. The largest absolute Gasteiger partial charge is 0.300 e. The zero-order valence-electron chi connectivity index (χ0n) is 6.34. The van der Waals surface area contributed by atoms with E-state index in [0.717, 1.165) is 6.07 Å². The average Bonchev–Trinajstić information content (AvgIpc) is 2.55. The molecule has 0 saturated carbocycles. The van der Waals surface area contributed by atoms with Crippen molar-refractivity contribution in [2.45, 2.75) is 0 Å². The molecule has 0 radical (unpaired) electrons. The Balaban J connectivity index is 2.76. The molecular formula is C7H5F2N3S. The van der Waals surface area contributed by atoms with E-state index in [1.54, 1.807) is 0 Å². The fraction of sp³-hybridized carbons (Fsp3) is 0. The third kappa shape index (κ3) is 1.24. The number of rotatable bonds is 1. The molecule has 0 unspecified atom stereocenters. The van der Waals surface area contributed by atoms with Gasteiger partial charge in [-0.3, -0.25) is 5.43 Å². The second-order valence-electron chi connectivity index (χ2n) is 2.37. The number of halogens is 2. The van der Waals surface area contributed by atoms with Crippen molar-refractivity contribution in [3.05, 3.63) is 23.8 Å². The highest BCUT2D eigenvalue weighted by molar-refractivity contribution is 7.22. The molecule has 2 aromatic rings. The van der Waals surface area contributed by atoms with Crippen LogP contribution in [0.15, 0.2) is 12.1 Å². The lowest BCUT2D eigenvalue weighted by atomic mass is 10.3. The number of fused-ring (bicyclic) bond motifs is 1. The Hall–Kier alpha value is -1.27. The van der Waals surface area contributed by atoms with Gasteiger partial charge in [0.05, 0.1) is 4.70 Å². The molecule has 3 nitrogen and oxygen atoms in total. The quantitative estimate of drug-likeness (QED) is 0.547. The van der Waals surface area contributed by atoms with E-state index in [2.05, 4.69) is 10.4 Å². The SMILES string of the molecule is NNc1nc2c(F)c(F)ccc2s1. The Morgan fingerprint density at radius 2 is 2.15 bits per heavy atom. The van der Waals surface area contributed by atoms with Gasteiger partial charge in [0.1, 0.15) is 5.52 Å². The summed E-state index contributed by atoms with van der Waals surface area (Å²) in [6, 6.07) is 2.53. The van der Waals surface area contributed by atoms with E-state index < -0.39 is 11.6 Å². The van der Waals surface area contributed by atoms with Crippen molar-refractivity contribution in [2.75, 3.05) is 5.43 Å². The van der Waals surface area contributed by atoms with Crippen LogP contribution < -0.4 is 11.3 Å². The van der Waals surface area contributed by atoms with Crippen LogP contribution in [0.3, 0.4) is 0 Å². The minimum absolute atomic E-state index is 0.0120. The number of nitrogens with one attached hydrogen (secondary N) is 1. The second-order valence-corrected chi connectivity index (χ2v) is 3.40. The molecule has 1 aromatic heterocycles. The number of hydrogen-bond donors (Lipinski definition) is 2. The highest BCUT2D eigenvalue weighted by Gasteiger charge is 2.11. The molecule has 68 valence electrons. The van der Waals surface area contributed by atoms with Crippen LogP contribution in [0.2, 0.25) is 0 Å². The summed E-state index contributed by atoms with van der Waals surface area (Å²) in [7, 11) is 0. The summed E-state index contributed by atoms with van der Waals surface area (Å²) in [6.07, 6.45) is 0. The first kappa shape index (κ1) is 8.33. The van der Waals surface area contributed by atoms with Crippen LogP contribution in [0.25, 0.3) is 10.2 Å². The molecule has 0 spiro atoms. The van der Waals surface area contributed by atoms with Crippen LogP contribution in [-0.4, -0.2) is 4.98 Å². The summed E-state index contributed by atoms with van der Waals surface area (Å²) in [5.74, 6) is 3.25. The maximum Gasteiger partial charge on any atom is 0.198 e. The van der Waals surface area contributed by atoms with Crippen LogP contribution in [0.5, 0.6) is 0 Å². The first-order chi connectivity index (χ1) is 6.22. The smallest absolute Gasteiger partial charge is 0.198 e. The number of anilines is 1. The molecule has 13 heavy (non-hydrogen) atoms. The minimum Gasteiger partial charge on any atom is -0.300 e. The molecule has 0 fully saturated rings. The molecular weight excluding hydrogens is 196 g/mol. The molecule has 0 aliphatic rings. The maximum absolute atomic E-state index is 13.0. The van der Waals surface area contributed by atoms with Gasteiger partial charge in [-0.1, -0.05) is 11.3 Å². The lowest BCUT2D eigenvalue weighted by Crippen LogP contribution is -2.05. The third-order valence-electron chi connectivity index (χ3n) is 1.58. The van der Waals surface area contributed by atoms with E-state index in [1.165, 1.54) is 17.4 Å². The molecule has 0 aliphatic carbocycles. The van der Waals surface area contributed by atoms with Gasteiger partial charge in [-0.2, -0.15) is 0 Å². The highest BCUT2D eigenvalue weighted by Crippen LogP contribution is 2.27. The van der Waals surface area contributed by atoms with Gasteiger partial charge < -0.3 is 0 Å². The Morgan fingerprint density at radius 1 is 1.38 bits per heavy atom. The predicted molar refractivity (Wildman–Crippen MR) is 47.3 cm³/mol. The fourth-order valence-electron chi connectivity index (χ4n) is 0.999. The maximum atomic E-state index is 13.0. The molecule has 0 saturated heterocycles. The molecule has 6 heteroatoms. The zero-order chi connectivity index (χ0) is 9.42. The number of hydrogen-bond acceptors (Lipinski definition) is 4. The number of nitrogens with zero attached hydrogens (tertiary/aromatic N) is 1. The topological polar surface area (TPSA) is 50.9 Å². The van der Waals surface area contributed by atoms with Gasteiger partial charge in [-0.15, -0.1) is 0 Å². The number of thiazole rings is 1. The first-order valence-electron chi connectivity index (χ1n) is 3.43. The lowest BCUT2D eigenvalue weighted by molar-refractivity contribution is 0.516. The van der Waals surface area contributed by atoms with Crippen molar-refractivity contribution in [2.24, 2.45) is 5.84 Å². The Morgan fingerprint density at radius 3 is 2.85 bits per heavy atom. The number of hydrazine groups is 1. The van der Waals surface area contributed by atoms with Crippen molar-refractivity contribution in [1.82, 2.24) is 4.98 Å². The Kier molecular flexibility index (Phi) is 1.86. The van der Waals surface area contributed by atoms with Crippen molar-refractivity contribution in [3.8, 4) is 0 Å². The summed E-state index contributed by atoms with van der Waals surface area (Å²) in [5, 5.41) is 0.361. The lowest BCUT2D eigenvalue weighted by Gasteiger charge is -1.90. The zero-order valence-corrected chi connectivity index (χ0v) is 7.16. The summed E-state index contributed by atoms with van der Waals surface area (Å²) in [4.78, 5) is 3.76. The van der Waals surface area contributed by atoms with Gasteiger partial charge in [0.25, 0.3) is 0 Å². The van der Waals surface area contributed by atoms with Gasteiger partial charge >= 0.3 is 0 Å². The molecule has 3 N–H and O–H groups in total. The minimum atomic E-state index is -0.935. The van der Waals surface area contributed by atoms with Gasteiger partial charge in [0.2, 0.25) is 0 Å². The fourth-order valence-corrected chi connectivity index (χ4v) is 1.77. The van der Waals surface area contributed by atoms with Crippen molar-refractivity contribution in [3.63, 3.8) is 0 Å². The number of nitrogen functional groups attached to an aromatic ring is 1.